The average molecular weight is 464 g/mol. The number of carbonyl (C=O) groups is 2. The number of carbonyl (C=O) groups excluding carboxylic acids is 2. The van der Waals surface area contributed by atoms with Crippen LogP contribution in [-0.2, 0) is 16.0 Å². The Morgan fingerprint density at radius 2 is 1.94 bits per heavy atom. The number of aromatic nitrogens is 2. The van der Waals surface area contributed by atoms with E-state index < -0.39 is 5.91 Å². The summed E-state index contributed by atoms with van der Waals surface area (Å²) < 4.78 is 11.9. The van der Waals surface area contributed by atoms with Crippen molar-refractivity contribution >= 4 is 40.6 Å². The Balaban J connectivity index is 1.64. The first-order valence-electron chi connectivity index (χ1n) is 9.92. The molecule has 0 aliphatic carbocycles. The molecule has 0 saturated carbocycles. The van der Waals surface area contributed by atoms with Crippen LogP contribution in [0.2, 0.25) is 0 Å². The van der Waals surface area contributed by atoms with Crippen LogP contribution < -0.4 is 14.8 Å². The van der Waals surface area contributed by atoms with Crippen LogP contribution in [0.3, 0.4) is 0 Å². The Hall–Kier alpha value is -4.05. The van der Waals surface area contributed by atoms with Gasteiger partial charge in [0.05, 0.1) is 36.8 Å². The highest BCUT2D eigenvalue weighted by molar-refractivity contribution is 7.13. The molecule has 168 valence electrons. The molecule has 4 rings (SSSR count). The minimum absolute atomic E-state index is 0.0640. The molecule has 9 nitrogen and oxygen atoms in total. The van der Waals surface area contributed by atoms with Gasteiger partial charge in [0.25, 0.3) is 11.9 Å². The molecule has 0 spiro atoms. The minimum Gasteiger partial charge on any atom is -0.493 e. The van der Waals surface area contributed by atoms with Gasteiger partial charge in [0.15, 0.2) is 11.5 Å². The smallest absolute Gasteiger partial charge is 0.281 e. The SMILES string of the molecule is C=C1C(=O)N=C(n2nc(-c3cccs3)cc2NC(=O)Cc2ccc(OC)c(OC)c2)N=C1C. The second-order valence-electron chi connectivity index (χ2n) is 7.11. The molecule has 1 N–H and O–H groups in total. The summed E-state index contributed by atoms with van der Waals surface area (Å²) in [6, 6.07) is 10.8. The number of anilines is 1. The number of ether oxygens (including phenoxy) is 2. The van der Waals surface area contributed by atoms with E-state index in [1.807, 2.05) is 17.5 Å². The number of methoxy groups -OCH3 is 2. The molecule has 0 saturated heterocycles. The first-order valence-corrected chi connectivity index (χ1v) is 10.8. The van der Waals surface area contributed by atoms with E-state index in [2.05, 4.69) is 27.0 Å². The molecule has 3 heterocycles. The summed E-state index contributed by atoms with van der Waals surface area (Å²) in [6.07, 6.45) is 0.0877. The number of aliphatic imine (C=N–C) groups is 2. The number of amides is 2. The van der Waals surface area contributed by atoms with Gasteiger partial charge in [-0.2, -0.15) is 14.8 Å². The minimum atomic E-state index is -0.492. The summed E-state index contributed by atoms with van der Waals surface area (Å²) in [6.45, 7) is 5.36. The molecule has 1 aliphatic heterocycles. The zero-order valence-electron chi connectivity index (χ0n) is 18.3. The molecule has 0 atom stereocenters. The second-order valence-corrected chi connectivity index (χ2v) is 8.06. The molecular weight excluding hydrogens is 442 g/mol. The van der Waals surface area contributed by atoms with Crippen LogP contribution in [0.4, 0.5) is 5.82 Å². The molecule has 0 radical (unpaired) electrons. The van der Waals surface area contributed by atoms with Gasteiger partial charge < -0.3 is 14.8 Å². The lowest BCUT2D eigenvalue weighted by molar-refractivity contribution is -0.115. The summed E-state index contributed by atoms with van der Waals surface area (Å²) in [4.78, 5) is 34.3. The summed E-state index contributed by atoms with van der Waals surface area (Å²) in [7, 11) is 3.09. The monoisotopic (exact) mass is 463 g/mol. The van der Waals surface area contributed by atoms with E-state index in [9.17, 15) is 9.59 Å². The molecule has 3 aromatic rings. The Kier molecular flexibility index (Phi) is 6.18. The summed E-state index contributed by atoms with van der Waals surface area (Å²) in [5.74, 6) is 0.749. The first kappa shape index (κ1) is 22.2. The largest absolute Gasteiger partial charge is 0.493 e. The molecule has 1 aromatic carbocycles. The quantitative estimate of drug-likeness (QED) is 0.563. The van der Waals surface area contributed by atoms with E-state index >= 15 is 0 Å². The zero-order valence-corrected chi connectivity index (χ0v) is 19.1. The lowest BCUT2D eigenvalue weighted by Crippen LogP contribution is -2.25. The van der Waals surface area contributed by atoms with Crippen LogP contribution in [0.15, 0.2) is 63.9 Å². The van der Waals surface area contributed by atoms with Crippen LogP contribution in [0, 0.1) is 0 Å². The predicted molar refractivity (Wildman–Crippen MR) is 128 cm³/mol. The van der Waals surface area contributed by atoms with Gasteiger partial charge in [-0.3, -0.25) is 9.59 Å². The van der Waals surface area contributed by atoms with Gasteiger partial charge in [0.2, 0.25) is 5.91 Å². The van der Waals surface area contributed by atoms with E-state index in [1.54, 1.807) is 38.3 Å². The van der Waals surface area contributed by atoms with Crippen molar-refractivity contribution in [2.75, 3.05) is 19.5 Å². The van der Waals surface area contributed by atoms with E-state index in [1.165, 1.54) is 23.1 Å². The van der Waals surface area contributed by atoms with Crippen LogP contribution in [0.5, 0.6) is 11.5 Å². The second kappa shape index (κ2) is 9.21. The zero-order chi connectivity index (χ0) is 23.5. The topological polar surface area (TPSA) is 107 Å². The van der Waals surface area contributed by atoms with Gasteiger partial charge in [-0.15, -0.1) is 11.3 Å². The molecule has 1 aliphatic rings. The maximum atomic E-state index is 12.9. The third-order valence-corrected chi connectivity index (χ3v) is 5.81. The molecule has 0 fully saturated rings. The lowest BCUT2D eigenvalue weighted by Gasteiger charge is -2.13. The average Bonchev–Trinajstić information content (AvgIpc) is 3.47. The highest BCUT2D eigenvalue weighted by atomic mass is 32.1. The van der Waals surface area contributed by atoms with Crippen molar-refractivity contribution in [3.8, 4) is 22.1 Å². The molecular formula is C23H21N5O4S. The van der Waals surface area contributed by atoms with Crippen LogP contribution in [0.25, 0.3) is 10.6 Å². The number of hydrogen-bond donors (Lipinski definition) is 1. The fourth-order valence-electron chi connectivity index (χ4n) is 3.18. The molecule has 2 amide bonds. The van der Waals surface area contributed by atoms with Crippen LogP contribution >= 0.6 is 11.3 Å². The third kappa shape index (κ3) is 4.60. The van der Waals surface area contributed by atoms with Crippen molar-refractivity contribution in [1.29, 1.82) is 0 Å². The van der Waals surface area contributed by atoms with Gasteiger partial charge in [-0.25, -0.2) is 4.99 Å². The van der Waals surface area contributed by atoms with Crippen LogP contribution in [-0.4, -0.2) is 47.5 Å². The summed E-state index contributed by atoms with van der Waals surface area (Å²) in [5.41, 5.74) is 2.04. The maximum absolute atomic E-state index is 12.9. The molecule has 0 unspecified atom stereocenters. The number of nitrogens with one attached hydrogen (secondary N) is 1. The molecule has 2 aromatic heterocycles. The van der Waals surface area contributed by atoms with E-state index in [4.69, 9.17) is 9.47 Å². The number of benzene rings is 1. The van der Waals surface area contributed by atoms with Crippen LogP contribution in [0.1, 0.15) is 12.5 Å². The van der Waals surface area contributed by atoms with E-state index in [0.717, 1.165) is 10.4 Å². The van der Waals surface area contributed by atoms with Gasteiger partial charge in [0.1, 0.15) is 11.5 Å². The van der Waals surface area contributed by atoms with Crippen molar-refractivity contribution in [3.05, 3.63) is 59.5 Å². The van der Waals surface area contributed by atoms with Gasteiger partial charge in [-0.05, 0) is 36.1 Å². The maximum Gasteiger partial charge on any atom is 0.281 e. The van der Waals surface area contributed by atoms with Crippen molar-refractivity contribution in [1.82, 2.24) is 9.78 Å². The molecule has 0 bridgehead atoms. The normalized spacial score (nSPS) is 13.4. The van der Waals surface area contributed by atoms with Gasteiger partial charge in [0, 0.05) is 6.07 Å². The van der Waals surface area contributed by atoms with Crippen molar-refractivity contribution in [3.63, 3.8) is 0 Å². The molecule has 33 heavy (non-hydrogen) atoms. The number of hydrogen-bond acceptors (Lipinski definition) is 7. The molecule has 10 heteroatoms. The number of thiophene rings is 1. The van der Waals surface area contributed by atoms with Gasteiger partial charge in [-0.1, -0.05) is 18.7 Å². The summed E-state index contributed by atoms with van der Waals surface area (Å²) in [5, 5.41) is 9.32. The van der Waals surface area contributed by atoms with Crippen molar-refractivity contribution in [2.24, 2.45) is 9.98 Å². The van der Waals surface area contributed by atoms with Crippen molar-refractivity contribution in [2.45, 2.75) is 13.3 Å². The number of nitrogens with zero attached hydrogens (tertiary/aromatic N) is 4. The number of rotatable bonds is 6. The fourth-order valence-corrected chi connectivity index (χ4v) is 3.86. The highest BCUT2D eigenvalue weighted by Gasteiger charge is 2.23. The highest BCUT2D eigenvalue weighted by Crippen LogP contribution is 2.29. The van der Waals surface area contributed by atoms with E-state index in [-0.39, 0.29) is 23.9 Å². The standard InChI is InChI=1S/C23H21N5O4S/c1-13-14(2)24-23(26-22(13)30)28-20(12-16(27-28)19-6-5-9-33-19)25-21(29)11-15-7-8-17(31-3)18(10-15)32-4/h5-10,12H,1,11H2,2-4H3,(H,25,29). The Morgan fingerprint density at radius 3 is 2.61 bits per heavy atom. The Bertz CT molecular complexity index is 1300. The Morgan fingerprint density at radius 1 is 1.15 bits per heavy atom. The van der Waals surface area contributed by atoms with Crippen molar-refractivity contribution < 1.29 is 19.1 Å². The van der Waals surface area contributed by atoms with E-state index in [0.29, 0.717) is 28.7 Å². The third-order valence-electron chi connectivity index (χ3n) is 4.92. The lowest BCUT2D eigenvalue weighted by atomic mass is 10.1. The predicted octanol–water partition coefficient (Wildman–Crippen LogP) is 3.57. The van der Waals surface area contributed by atoms with Gasteiger partial charge >= 0.3 is 0 Å². The Labute approximate surface area is 194 Å². The summed E-state index contributed by atoms with van der Waals surface area (Å²) >= 11 is 1.50. The first-order chi connectivity index (χ1) is 15.9. The fraction of sp³-hybridized carbons (Fsp3) is 0.174.